The van der Waals surface area contributed by atoms with Gasteiger partial charge in [-0.1, -0.05) is 0 Å². The minimum Gasteiger partial charge on any atom is -0.356 e. The number of hydrogen-bond donors (Lipinski definition) is 2. The fraction of sp³-hybridized carbons (Fsp3) is 0.316. The van der Waals surface area contributed by atoms with E-state index >= 15 is 0 Å². The third-order valence-corrected chi connectivity index (χ3v) is 5.19. The summed E-state index contributed by atoms with van der Waals surface area (Å²) in [6.45, 7) is 5.45. The van der Waals surface area contributed by atoms with E-state index in [4.69, 9.17) is 0 Å². The third-order valence-electron chi connectivity index (χ3n) is 4.11. The minimum atomic E-state index is -0.253. The Kier molecular flexibility index (Phi) is 8.36. The van der Waals surface area contributed by atoms with E-state index in [1.165, 1.54) is 17.0 Å². The molecule has 2 aromatic heterocycles. The van der Waals surface area contributed by atoms with E-state index in [-0.39, 0.29) is 29.8 Å². The maximum absolute atomic E-state index is 13.0. The summed E-state index contributed by atoms with van der Waals surface area (Å²) in [4.78, 5) is 10.00. The summed E-state index contributed by atoms with van der Waals surface area (Å²) in [5.41, 5.74) is 2.87. The van der Waals surface area contributed by atoms with Crippen LogP contribution in [0.3, 0.4) is 0 Å². The van der Waals surface area contributed by atoms with Crippen molar-refractivity contribution in [2.75, 3.05) is 13.6 Å². The van der Waals surface area contributed by atoms with Crippen molar-refractivity contribution in [1.82, 2.24) is 25.4 Å². The molecule has 3 rings (SSSR count). The number of aromatic nitrogens is 3. The maximum Gasteiger partial charge on any atom is 0.191 e. The van der Waals surface area contributed by atoms with Crippen LogP contribution < -0.4 is 10.6 Å². The lowest BCUT2D eigenvalue weighted by Crippen LogP contribution is -2.37. The molecule has 9 heteroatoms. The third kappa shape index (κ3) is 5.99. The summed E-state index contributed by atoms with van der Waals surface area (Å²) in [6, 6.07) is 8.23. The van der Waals surface area contributed by atoms with E-state index < -0.39 is 0 Å². The summed E-state index contributed by atoms with van der Waals surface area (Å²) >= 11 is 1.70. The zero-order valence-corrected chi connectivity index (χ0v) is 19.2. The first-order valence-corrected chi connectivity index (χ1v) is 9.54. The van der Waals surface area contributed by atoms with E-state index in [1.807, 2.05) is 19.2 Å². The Hall–Kier alpha value is -2.01. The maximum atomic E-state index is 13.0. The molecule has 6 nitrogen and oxygen atoms in total. The molecule has 28 heavy (non-hydrogen) atoms. The lowest BCUT2D eigenvalue weighted by Gasteiger charge is -2.10. The van der Waals surface area contributed by atoms with Crippen LogP contribution in [0, 0.1) is 19.7 Å². The van der Waals surface area contributed by atoms with E-state index in [0.29, 0.717) is 13.1 Å². The van der Waals surface area contributed by atoms with Gasteiger partial charge in [-0.15, -0.1) is 35.3 Å². The van der Waals surface area contributed by atoms with Gasteiger partial charge in [-0.3, -0.25) is 4.99 Å². The molecule has 0 aliphatic rings. The lowest BCUT2D eigenvalue weighted by atomic mass is 10.3. The van der Waals surface area contributed by atoms with Crippen LogP contribution in [0.2, 0.25) is 0 Å². The van der Waals surface area contributed by atoms with E-state index in [9.17, 15) is 4.39 Å². The largest absolute Gasteiger partial charge is 0.356 e. The van der Waals surface area contributed by atoms with Crippen LogP contribution in [0.25, 0.3) is 5.69 Å². The Balaban J connectivity index is 0.00000280. The zero-order chi connectivity index (χ0) is 19.2. The molecular formula is C19H24FIN6S. The Morgan fingerprint density at radius 3 is 2.57 bits per heavy atom. The summed E-state index contributed by atoms with van der Waals surface area (Å²) < 4.78 is 14.8. The number of aliphatic imine (C=N–C) groups is 1. The molecule has 0 saturated carbocycles. The SMILES string of the molecule is CN=C(NCCc1ccn(-c2ccc(F)cc2)n1)NCc1nc(C)c(C)s1.I. The van der Waals surface area contributed by atoms with Crippen molar-refractivity contribution in [2.24, 2.45) is 4.99 Å². The highest BCUT2D eigenvalue weighted by atomic mass is 127. The Bertz CT molecular complexity index is 899. The average Bonchev–Trinajstić information content (AvgIpc) is 3.25. The molecular weight excluding hydrogens is 490 g/mol. The molecule has 1 aromatic carbocycles. The molecule has 0 spiro atoms. The quantitative estimate of drug-likeness (QED) is 0.300. The van der Waals surface area contributed by atoms with Gasteiger partial charge < -0.3 is 10.6 Å². The number of nitrogens with one attached hydrogen (secondary N) is 2. The highest BCUT2D eigenvalue weighted by Crippen LogP contribution is 2.15. The molecule has 0 radical (unpaired) electrons. The highest BCUT2D eigenvalue weighted by Gasteiger charge is 2.06. The summed E-state index contributed by atoms with van der Waals surface area (Å²) in [6.07, 6.45) is 2.63. The molecule has 150 valence electrons. The van der Waals surface area contributed by atoms with E-state index in [1.54, 1.807) is 35.2 Å². The molecule has 0 aliphatic carbocycles. The van der Waals surface area contributed by atoms with Crippen molar-refractivity contribution in [3.8, 4) is 5.69 Å². The number of hydrogen-bond acceptors (Lipinski definition) is 4. The molecule has 0 amide bonds. The van der Waals surface area contributed by atoms with E-state index in [2.05, 4.69) is 32.6 Å². The molecule has 0 aliphatic heterocycles. The van der Waals surface area contributed by atoms with Gasteiger partial charge in [0.2, 0.25) is 0 Å². The van der Waals surface area contributed by atoms with Gasteiger partial charge in [-0.05, 0) is 44.2 Å². The second-order valence-electron chi connectivity index (χ2n) is 6.08. The van der Waals surface area contributed by atoms with Crippen LogP contribution in [0.4, 0.5) is 4.39 Å². The zero-order valence-electron chi connectivity index (χ0n) is 16.1. The van der Waals surface area contributed by atoms with Crippen molar-refractivity contribution < 1.29 is 4.39 Å². The molecule has 2 N–H and O–H groups in total. The fourth-order valence-corrected chi connectivity index (χ4v) is 3.41. The van der Waals surface area contributed by atoms with Gasteiger partial charge in [0.25, 0.3) is 0 Å². The van der Waals surface area contributed by atoms with Crippen LogP contribution in [-0.4, -0.2) is 34.3 Å². The fourth-order valence-electron chi connectivity index (χ4n) is 2.54. The van der Waals surface area contributed by atoms with Crippen LogP contribution in [0.5, 0.6) is 0 Å². The second-order valence-corrected chi connectivity index (χ2v) is 7.37. The monoisotopic (exact) mass is 514 g/mol. The summed E-state index contributed by atoms with van der Waals surface area (Å²) in [7, 11) is 1.75. The molecule has 3 aromatic rings. The summed E-state index contributed by atoms with van der Waals surface area (Å²) in [5.74, 6) is 0.482. The van der Waals surface area contributed by atoms with Crippen LogP contribution in [0.1, 0.15) is 21.3 Å². The predicted molar refractivity (Wildman–Crippen MR) is 122 cm³/mol. The highest BCUT2D eigenvalue weighted by molar-refractivity contribution is 14.0. The van der Waals surface area contributed by atoms with Crippen molar-refractivity contribution in [1.29, 1.82) is 0 Å². The minimum absolute atomic E-state index is 0. The Morgan fingerprint density at radius 1 is 1.18 bits per heavy atom. The van der Waals surface area contributed by atoms with Crippen LogP contribution >= 0.6 is 35.3 Å². The van der Waals surface area contributed by atoms with Crippen molar-refractivity contribution in [2.45, 2.75) is 26.8 Å². The van der Waals surface area contributed by atoms with E-state index in [0.717, 1.165) is 34.5 Å². The van der Waals surface area contributed by atoms with Crippen molar-refractivity contribution in [3.63, 3.8) is 0 Å². The molecule has 0 bridgehead atoms. The number of thiazole rings is 1. The topological polar surface area (TPSA) is 67.1 Å². The number of guanidine groups is 1. The first-order chi connectivity index (χ1) is 13.0. The molecule has 0 unspecified atom stereocenters. The molecule has 0 saturated heterocycles. The molecule has 0 fully saturated rings. The van der Waals surface area contributed by atoms with Crippen LogP contribution in [0.15, 0.2) is 41.5 Å². The summed E-state index contributed by atoms with van der Waals surface area (Å²) in [5, 5.41) is 12.1. The van der Waals surface area contributed by atoms with Gasteiger partial charge in [-0.25, -0.2) is 14.1 Å². The first kappa shape index (κ1) is 22.3. The van der Waals surface area contributed by atoms with Gasteiger partial charge in [0.15, 0.2) is 5.96 Å². The number of benzene rings is 1. The number of nitrogens with zero attached hydrogens (tertiary/aromatic N) is 4. The first-order valence-electron chi connectivity index (χ1n) is 8.73. The predicted octanol–water partition coefficient (Wildman–Crippen LogP) is 3.61. The van der Waals surface area contributed by atoms with Crippen molar-refractivity contribution in [3.05, 3.63) is 63.6 Å². The Morgan fingerprint density at radius 2 is 1.93 bits per heavy atom. The lowest BCUT2D eigenvalue weighted by molar-refractivity contribution is 0.627. The number of aryl methyl sites for hydroxylation is 2. The number of halogens is 2. The van der Waals surface area contributed by atoms with Crippen LogP contribution in [-0.2, 0) is 13.0 Å². The van der Waals surface area contributed by atoms with Gasteiger partial charge >= 0.3 is 0 Å². The number of rotatable bonds is 6. The molecule has 0 atom stereocenters. The normalized spacial score (nSPS) is 11.2. The standard InChI is InChI=1S/C19H23FN6S.HI/c1-13-14(2)27-18(24-13)12-23-19(21-3)22-10-8-16-9-11-26(25-16)17-6-4-15(20)5-7-17;/h4-7,9,11H,8,10,12H2,1-3H3,(H2,21,22,23);1H. The van der Waals surface area contributed by atoms with Gasteiger partial charge in [0.1, 0.15) is 10.8 Å². The average molecular weight is 514 g/mol. The second kappa shape index (κ2) is 10.5. The molecule has 2 heterocycles. The van der Waals surface area contributed by atoms with Crippen molar-refractivity contribution >= 4 is 41.3 Å². The Labute approximate surface area is 185 Å². The smallest absolute Gasteiger partial charge is 0.191 e. The van der Waals surface area contributed by atoms with Gasteiger partial charge in [0.05, 0.1) is 23.6 Å². The van der Waals surface area contributed by atoms with Gasteiger partial charge in [0, 0.05) is 31.1 Å². The van der Waals surface area contributed by atoms with Gasteiger partial charge in [-0.2, -0.15) is 5.10 Å².